The molecule has 2 heterocycles. The molecule has 0 aliphatic carbocycles. The summed E-state index contributed by atoms with van der Waals surface area (Å²) < 4.78 is 2.80. The van der Waals surface area contributed by atoms with Gasteiger partial charge in [0, 0.05) is 12.6 Å². The van der Waals surface area contributed by atoms with Gasteiger partial charge >= 0.3 is 0 Å². The maximum absolute atomic E-state index is 12.4. The molecule has 0 fully saturated rings. The highest BCUT2D eigenvalue weighted by atomic mass is 127. The average molecular weight is 621 g/mol. The number of aromatic hydroxyl groups is 1. The Hall–Kier alpha value is -2.00. The van der Waals surface area contributed by atoms with Gasteiger partial charge in [0.25, 0.3) is 0 Å². The second-order valence-electron chi connectivity index (χ2n) is 6.20. The summed E-state index contributed by atoms with van der Waals surface area (Å²) >= 11 is 4.03. The number of aliphatic hydroxyl groups is 1. The van der Waals surface area contributed by atoms with Gasteiger partial charge in [0.1, 0.15) is 17.3 Å². The first-order valence-corrected chi connectivity index (χ1v) is 10.7. The van der Waals surface area contributed by atoms with Gasteiger partial charge in [-0.05, 0) is 75.0 Å². The third-order valence-corrected chi connectivity index (χ3v) is 5.83. The van der Waals surface area contributed by atoms with E-state index in [-0.39, 0.29) is 31.1 Å². The fourth-order valence-electron chi connectivity index (χ4n) is 2.88. The van der Waals surface area contributed by atoms with Crippen molar-refractivity contribution >= 4 is 74.1 Å². The number of nitrogens with zero attached hydrogens (tertiary/aromatic N) is 3. The zero-order valence-electron chi connectivity index (χ0n) is 15.0. The normalized spacial score (nSPS) is 12.1. The molecule has 0 radical (unpaired) electrons. The number of carbonyl (C=O) groups excluding carboxylic acids is 2. The minimum atomic E-state index is -0.879. The molecule has 0 aliphatic heterocycles. The minimum absolute atomic E-state index is 0.105. The van der Waals surface area contributed by atoms with E-state index in [9.17, 15) is 14.7 Å². The van der Waals surface area contributed by atoms with Gasteiger partial charge in [0.15, 0.2) is 5.65 Å². The molecule has 2 aromatic heterocycles. The number of aliphatic hydroxyl groups excluding tert-OH is 1. The standard InChI is InChI=1S/C18H17I2N5O4/c19-10-6-9(7-11(20)15(10)28)8-13(16(21)29)25-17-12(2-1-4-22-17)23-18(25)24-14(27)3-5-26/h1-2,4,6-7,13,26,28H,3,5,8H2,(H2,21,29)(H,23,24,27). The lowest BCUT2D eigenvalue weighted by Gasteiger charge is -2.19. The molecule has 11 heteroatoms. The number of phenolic OH excluding ortho intramolecular Hbond substituents is 1. The van der Waals surface area contributed by atoms with Crippen molar-refractivity contribution in [1.82, 2.24) is 14.5 Å². The maximum Gasteiger partial charge on any atom is 0.241 e. The van der Waals surface area contributed by atoms with E-state index in [0.717, 1.165) is 5.56 Å². The summed E-state index contributed by atoms with van der Waals surface area (Å²) in [7, 11) is 0. The number of rotatable bonds is 7. The number of hydrogen-bond donors (Lipinski definition) is 4. The number of phenols is 1. The van der Waals surface area contributed by atoms with Crippen LogP contribution in [0.2, 0.25) is 0 Å². The summed E-state index contributed by atoms with van der Waals surface area (Å²) in [5.74, 6) is -0.756. The smallest absolute Gasteiger partial charge is 0.241 e. The van der Waals surface area contributed by atoms with Crippen molar-refractivity contribution in [1.29, 1.82) is 0 Å². The highest BCUT2D eigenvalue weighted by Crippen LogP contribution is 2.31. The third kappa shape index (κ3) is 4.78. The van der Waals surface area contributed by atoms with Crippen LogP contribution in [-0.4, -0.2) is 43.2 Å². The number of nitrogens with two attached hydrogens (primary N) is 1. The second-order valence-corrected chi connectivity index (χ2v) is 8.53. The summed E-state index contributed by atoms with van der Waals surface area (Å²) in [5, 5.41) is 21.6. The Morgan fingerprint density at radius 3 is 2.59 bits per heavy atom. The fourth-order valence-corrected chi connectivity index (χ4v) is 4.78. The maximum atomic E-state index is 12.4. The van der Waals surface area contributed by atoms with Gasteiger partial charge in [-0.1, -0.05) is 0 Å². The van der Waals surface area contributed by atoms with Crippen molar-refractivity contribution in [3.63, 3.8) is 0 Å². The summed E-state index contributed by atoms with van der Waals surface area (Å²) in [6.45, 7) is -0.312. The van der Waals surface area contributed by atoms with E-state index in [2.05, 4.69) is 15.3 Å². The number of pyridine rings is 1. The first kappa shape index (κ1) is 21.7. The first-order valence-electron chi connectivity index (χ1n) is 8.51. The highest BCUT2D eigenvalue weighted by Gasteiger charge is 2.26. The molecular weight excluding hydrogens is 604 g/mol. The lowest BCUT2D eigenvalue weighted by molar-refractivity contribution is -0.121. The van der Waals surface area contributed by atoms with Crippen LogP contribution in [0, 0.1) is 7.14 Å². The summed E-state index contributed by atoms with van der Waals surface area (Å²) in [6.07, 6.45) is 1.67. The van der Waals surface area contributed by atoms with Crippen molar-refractivity contribution in [3.8, 4) is 5.75 Å². The van der Waals surface area contributed by atoms with Crippen LogP contribution in [0.5, 0.6) is 5.75 Å². The molecule has 5 N–H and O–H groups in total. The Labute approximate surface area is 193 Å². The zero-order chi connectivity index (χ0) is 21.1. The van der Waals surface area contributed by atoms with E-state index >= 15 is 0 Å². The number of benzene rings is 1. The van der Waals surface area contributed by atoms with Gasteiger partial charge in [-0.3, -0.25) is 19.5 Å². The van der Waals surface area contributed by atoms with Crippen molar-refractivity contribution in [3.05, 3.63) is 43.2 Å². The van der Waals surface area contributed by atoms with Gasteiger partial charge in [-0.2, -0.15) is 0 Å². The number of nitrogens with one attached hydrogen (secondary N) is 1. The van der Waals surface area contributed by atoms with Gasteiger partial charge in [0.05, 0.1) is 20.2 Å². The van der Waals surface area contributed by atoms with Crippen LogP contribution < -0.4 is 11.1 Å². The number of fused-ring (bicyclic) bond motifs is 1. The molecular formula is C18H17I2N5O4. The largest absolute Gasteiger partial charge is 0.506 e. The Bertz CT molecular complexity index is 1060. The first-order chi connectivity index (χ1) is 13.8. The SMILES string of the molecule is NC(=O)C(Cc1cc(I)c(O)c(I)c1)n1c(NC(=O)CCO)nc2cccnc21. The minimum Gasteiger partial charge on any atom is -0.506 e. The summed E-state index contributed by atoms with van der Waals surface area (Å²) in [4.78, 5) is 33.1. The monoisotopic (exact) mass is 621 g/mol. The molecule has 152 valence electrons. The molecule has 0 aliphatic rings. The van der Waals surface area contributed by atoms with Gasteiger partial charge < -0.3 is 15.9 Å². The highest BCUT2D eigenvalue weighted by molar-refractivity contribution is 14.1. The Morgan fingerprint density at radius 2 is 1.97 bits per heavy atom. The van der Waals surface area contributed by atoms with Crippen molar-refractivity contribution in [2.24, 2.45) is 5.73 Å². The molecule has 2 amide bonds. The second kappa shape index (κ2) is 9.21. The predicted molar refractivity (Wildman–Crippen MR) is 123 cm³/mol. The molecule has 3 aromatic rings. The lowest BCUT2D eigenvalue weighted by atomic mass is 10.0. The van der Waals surface area contributed by atoms with Crippen molar-refractivity contribution < 1.29 is 19.8 Å². The van der Waals surface area contributed by atoms with Crippen LogP contribution in [0.15, 0.2) is 30.5 Å². The average Bonchev–Trinajstić information content (AvgIpc) is 3.01. The molecule has 0 spiro atoms. The Kier molecular flexibility index (Phi) is 6.89. The molecule has 9 nitrogen and oxygen atoms in total. The van der Waals surface area contributed by atoms with E-state index in [4.69, 9.17) is 10.8 Å². The van der Waals surface area contributed by atoms with E-state index in [0.29, 0.717) is 18.3 Å². The molecule has 1 unspecified atom stereocenters. The van der Waals surface area contributed by atoms with Crippen molar-refractivity contribution in [2.75, 3.05) is 11.9 Å². The fraction of sp³-hybridized carbons (Fsp3) is 0.222. The van der Waals surface area contributed by atoms with Crippen LogP contribution in [-0.2, 0) is 16.0 Å². The molecule has 3 rings (SSSR count). The van der Waals surface area contributed by atoms with Crippen LogP contribution in [0.3, 0.4) is 0 Å². The molecule has 1 atom stereocenters. The van der Waals surface area contributed by atoms with E-state index in [1.165, 1.54) is 4.57 Å². The number of amides is 2. The molecule has 1 aromatic carbocycles. The van der Waals surface area contributed by atoms with Crippen LogP contribution in [0.4, 0.5) is 5.95 Å². The van der Waals surface area contributed by atoms with Crippen molar-refractivity contribution in [2.45, 2.75) is 18.9 Å². The molecule has 29 heavy (non-hydrogen) atoms. The predicted octanol–water partition coefficient (Wildman–Crippen LogP) is 1.94. The quantitative estimate of drug-likeness (QED) is 0.297. The molecule has 0 bridgehead atoms. The lowest BCUT2D eigenvalue weighted by Crippen LogP contribution is -2.30. The Balaban J connectivity index is 2.09. The van der Waals surface area contributed by atoms with E-state index in [1.54, 1.807) is 30.5 Å². The van der Waals surface area contributed by atoms with Gasteiger partial charge in [0.2, 0.25) is 17.8 Å². The molecule has 0 saturated heterocycles. The summed E-state index contributed by atoms with van der Waals surface area (Å²) in [6, 6.07) is 6.07. The Morgan fingerprint density at radius 1 is 1.28 bits per heavy atom. The third-order valence-electron chi connectivity index (χ3n) is 4.18. The van der Waals surface area contributed by atoms with Crippen LogP contribution in [0.25, 0.3) is 11.2 Å². The van der Waals surface area contributed by atoms with Crippen LogP contribution in [0.1, 0.15) is 18.0 Å². The number of aromatic nitrogens is 3. The number of imidazole rings is 1. The number of hydrogen-bond acceptors (Lipinski definition) is 6. The van der Waals surface area contributed by atoms with Gasteiger partial charge in [-0.25, -0.2) is 9.97 Å². The number of anilines is 1. The summed E-state index contributed by atoms with van der Waals surface area (Å²) in [5.41, 5.74) is 7.39. The topological polar surface area (TPSA) is 143 Å². The van der Waals surface area contributed by atoms with Gasteiger partial charge in [-0.15, -0.1) is 0 Å². The molecule has 0 saturated carbocycles. The number of halogens is 2. The van der Waals surface area contributed by atoms with E-state index in [1.807, 2.05) is 45.2 Å². The van der Waals surface area contributed by atoms with E-state index < -0.39 is 17.9 Å². The van der Waals surface area contributed by atoms with Crippen LogP contribution >= 0.6 is 45.2 Å². The number of carbonyl (C=O) groups is 2. The zero-order valence-corrected chi connectivity index (χ0v) is 19.3. The number of primary amides is 1.